The maximum atomic E-state index is 12.5. The van der Waals surface area contributed by atoms with Gasteiger partial charge in [-0.2, -0.15) is 0 Å². The van der Waals surface area contributed by atoms with E-state index in [4.69, 9.17) is 4.74 Å². The van der Waals surface area contributed by atoms with Crippen LogP contribution in [0.1, 0.15) is 83.5 Å². The second-order valence-electron chi connectivity index (χ2n) is 12.1. The Labute approximate surface area is 223 Å². The molecule has 1 saturated carbocycles. The van der Waals surface area contributed by atoms with E-state index in [1.165, 1.54) is 11.3 Å². The monoisotopic (exact) mass is 522 g/mol. The molecule has 0 amide bonds. The Kier molecular flexibility index (Phi) is 7.45. The van der Waals surface area contributed by atoms with Crippen molar-refractivity contribution >= 4 is 28.9 Å². The number of thiazole rings is 1. The summed E-state index contributed by atoms with van der Waals surface area (Å²) in [5.74, 6) is 0.208. The Hall–Kier alpha value is -2.84. The minimum Gasteiger partial charge on any atom is -0.460 e. The SMILES string of the molecule is Cc1cc(Nc2nccc(C(C)(C)C)n2)cc(-c2cnc(C3(O)CCC(C(=O)OC(C)(C)C)CC3)s2)c1. The van der Waals surface area contributed by atoms with Crippen molar-refractivity contribution in [1.29, 1.82) is 0 Å². The molecule has 1 aliphatic rings. The van der Waals surface area contributed by atoms with E-state index in [9.17, 15) is 9.90 Å². The van der Waals surface area contributed by atoms with Crippen LogP contribution >= 0.6 is 11.3 Å². The minimum atomic E-state index is -1.02. The molecule has 0 spiro atoms. The largest absolute Gasteiger partial charge is 0.460 e. The Morgan fingerprint density at radius 3 is 2.46 bits per heavy atom. The van der Waals surface area contributed by atoms with Gasteiger partial charge in [0.2, 0.25) is 5.95 Å². The maximum absolute atomic E-state index is 12.5. The van der Waals surface area contributed by atoms with Crippen molar-refractivity contribution in [3.8, 4) is 10.4 Å². The van der Waals surface area contributed by atoms with Crippen LogP contribution in [0.15, 0.2) is 36.7 Å². The molecule has 3 aromatic rings. The number of aromatic nitrogens is 3. The Bertz CT molecular complexity index is 1260. The molecule has 1 fully saturated rings. The van der Waals surface area contributed by atoms with Crippen molar-refractivity contribution in [1.82, 2.24) is 15.0 Å². The predicted molar refractivity (Wildman–Crippen MR) is 148 cm³/mol. The fourth-order valence-corrected chi connectivity index (χ4v) is 5.56. The van der Waals surface area contributed by atoms with Crippen LogP contribution < -0.4 is 5.32 Å². The van der Waals surface area contributed by atoms with Crippen LogP contribution in [0.2, 0.25) is 0 Å². The highest BCUT2D eigenvalue weighted by atomic mass is 32.1. The summed E-state index contributed by atoms with van der Waals surface area (Å²) < 4.78 is 5.55. The molecule has 198 valence electrons. The summed E-state index contributed by atoms with van der Waals surface area (Å²) >= 11 is 1.50. The van der Waals surface area contributed by atoms with E-state index in [-0.39, 0.29) is 17.3 Å². The number of esters is 1. The number of carbonyl (C=O) groups is 1. The van der Waals surface area contributed by atoms with E-state index < -0.39 is 11.2 Å². The lowest BCUT2D eigenvalue weighted by Gasteiger charge is -2.34. The molecule has 1 aliphatic carbocycles. The molecule has 4 rings (SSSR count). The number of anilines is 2. The number of aryl methyl sites for hydroxylation is 1. The third-order valence-electron chi connectivity index (χ3n) is 6.50. The third-order valence-corrected chi connectivity index (χ3v) is 7.74. The van der Waals surface area contributed by atoms with Crippen molar-refractivity contribution in [2.24, 2.45) is 5.92 Å². The van der Waals surface area contributed by atoms with Crippen LogP contribution in [-0.4, -0.2) is 31.6 Å². The second-order valence-corrected chi connectivity index (χ2v) is 13.1. The molecule has 8 heteroatoms. The number of aliphatic hydroxyl groups is 1. The van der Waals surface area contributed by atoms with Gasteiger partial charge < -0.3 is 15.2 Å². The fraction of sp³-hybridized carbons (Fsp3) is 0.517. The summed E-state index contributed by atoms with van der Waals surface area (Å²) in [7, 11) is 0. The van der Waals surface area contributed by atoms with Gasteiger partial charge in [0.25, 0.3) is 0 Å². The molecule has 1 aromatic carbocycles. The van der Waals surface area contributed by atoms with E-state index >= 15 is 0 Å². The van der Waals surface area contributed by atoms with Gasteiger partial charge in [-0.3, -0.25) is 4.79 Å². The smallest absolute Gasteiger partial charge is 0.309 e. The molecule has 7 nitrogen and oxygen atoms in total. The Balaban J connectivity index is 1.49. The number of benzene rings is 1. The zero-order chi connectivity index (χ0) is 27.0. The van der Waals surface area contributed by atoms with Crippen LogP contribution in [-0.2, 0) is 20.5 Å². The number of hydrogen-bond donors (Lipinski definition) is 2. The summed E-state index contributed by atoms with van der Waals surface area (Å²) in [6, 6.07) is 8.17. The zero-order valence-electron chi connectivity index (χ0n) is 22.9. The van der Waals surface area contributed by atoms with Crippen LogP contribution in [0.3, 0.4) is 0 Å². The molecular formula is C29H38N4O3S. The summed E-state index contributed by atoms with van der Waals surface area (Å²) in [5, 5.41) is 15.4. The van der Waals surface area contributed by atoms with Gasteiger partial charge in [0, 0.05) is 23.5 Å². The van der Waals surface area contributed by atoms with Gasteiger partial charge in [-0.05, 0) is 82.7 Å². The van der Waals surface area contributed by atoms with Crippen molar-refractivity contribution in [3.63, 3.8) is 0 Å². The molecule has 0 saturated heterocycles. The molecule has 0 aliphatic heterocycles. The summed E-state index contributed by atoms with van der Waals surface area (Å²) in [4.78, 5) is 27.1. The summed E-state index contributed by atoms with van der Waals surface area (Å²) in [6.45, 7) is 14.1. The molecule has 37 heavy (non-hydrogen) atoms. The minimum absolute atomic E-state index is 0.0670. The van der Waals surface area contributed by atoms with E-state index in [0.717, 1.165) is 27.4 Å². The fourth-order valence-electron chi connectivity index (χ4n) is 4.52. The quantitative estimate of drug-likeness (QED) is 0.361. The van der Waals surface area contributed by atoms with E-state index in [2.05, 4.69) is 66.2 Å². The highest BCUT2D eigenvalue weighted by Gasteiger charge is 2.40. The van der Waals surface area contributed by atoms with Gasteiger partial charge in [-0.1, -0.05) is 26.8 Å². The molecule has 2 N–H and O–H groups in total. The lowest BCUT2D eigenvalue weighted by atomic mass is 9.79. The highest BCUT2D eigenvalue weighted by Crippen LogP contribution is 2.43. The van der Waals surface area contributed by atoms with Gasteiger partial charge in [0.15, 0.2) is 0 Å². The molecule has 0 atom stereocenters. The van der Waals surface area contributed by atoms with Gasteiger partial charge in [-0.25, -0.2) is 15.0 Å². The standard InChI is InChI=1S/C29H38N4O3S/c1-18-14-20(16-21(15-18)32-26-30-13-10-23(33-26)27(2,3)4)22-17-31-25(37-22)29(35)11-8-19(9-12-29)24(34)36-28(5,6)7/h10,13-17,19,35H,8-9,11-12H2,1-7H3,(H,30,32,33). The van der Waals surface area contributed by atoms with Crippen LogP contribution in [0.4, 0.5) is 11.6 Å². The Morgan fingerprint density at radius 1 is 1.11 bits per heavy atom. The molecule has 2 aromatic heterocycles. The lowest BCUT2D eigenvalue weighted by Crippen LogP contribution is -2.36. The number of nitrogens with one attached hydrogen (secondary N) is 1. The van der Waals surface area contributed by atoms with Gasteiger partial charge >= 0.3 is 5.97 Å². The van der Waals surface area contributed by atoms with Gasteiger partial charge in [0.05, 0.1) is 16.5 Å². The lowest BCUT2D eigenvalue weighted by molar-refractivity contribution is -0.163. The first-order chi connectivity index (χ1) is 17.2. The van der Waals surface area contributed by atoms with Crippen molar-refractivity contribution < 1.29 is 14.6 Å². The topological polar surface area (TPSA) is 97.2 Å². The number of nitrogens with zero attached hydrogens (tertiary/aromatic N) is 3. The number of ether oxygens (including phenoxy) is 1. The van der Waals surface area contributed by atoms with E-state index in [0.29, 0.717) is 36.6 Å². The first-order valence-electron chi connectivity index (χ1n) is 12.9. The Morgan fingerprint density at radius 2 is 1.81 bits per heavy atom. The van der Waals surface area contributed by atoms with Crippen LogP contribution in [0.25, 0.3) is 10.4 Å². The highest BCUT2D eigenvalue weighted by molar-refractivity contribution is 7.15. The number of rotatable bonds is 5. The average Bonchev–Trinajstić information content (AvgIpc) is 3.29. The molecule has 0 radical (unpaired) electrons. The molecule has 0 bridgehead atoms. The number of hydrogen-bond acceptors (Lipinski definition) is 8. The van der Waals surface area contributed by atoms with Gasteiger partial charge in [-0.15, -0.1) is 11.3 Å². The molecule has 0 unspecified atom stereocenters. The van der Waals surface area contributed by atoms with Crippen LogP contribution in [0.5, 0.6) is 0 Å². The van der Waals surface area contributed by atoms with Crippen molar-refractivity contribution in [2.75, 3.05) is 5.32 Å². The third kappa shape index (κ3) is 6.73. The molecular weight excluding hydrogens is 484 g/mol. The first kappa shape index (κ1) is 27.2. The van der Waals surface area contributed by atoms with E-state index in [1.54, 1.807) is 6.20 Å². The average molecular weight is 523 g/mol. The van der Waals surface area contributed by atoms with E-state index in [1.807, 2.05) is 33.0 Å². The van der Waals surface area contributed by atoms with Crippen molar-refractivity contribution in [2.45, 2.75) is 90.8 Å². The number of carbonyl (C=O) groups excluding carboxylic acids is 1. The molecule has 2 heterocycles. The first-order valence-corrected chi connectivity index (χ1v) is 13.7. The second kappa shape index (κ2) is 10.1. The predicted octanol–water partition coefficient (Wildman–Crippen LogP) is 6.67. The maximum Gasteiger partial charge on any atom is 0.309 e. The normalized spacial score (nSPS) is 20.5. The zero-order valence-corrected chi connectivity index (χ0v) is 23.7. The van der Waals surface area contributed by atoms with Crippen LogP contribution in [0, 0.1) is 12.8 Å². The van der Waals surface area contributed by atoms with Crippen molar-refractivity contribution in [3.05, 3.63) is 52.9 Å². The van der Waals surface area contributed by atoms with Gasteiger partial charge in [0.1, 0.15) is 16.2 Å². The summed E-state index contributed by atoms with van der Waals surface area (Å²) in [6.07, 6.45) is 5.77. The summed E-state index contributed by atoms with van der Waals surface area (Å²) in [5.41, 5.74) is 2.39.